The Morgan fingerprint density at radius 1 is 1.17 bits per heavy atom. The lowest BCUT2D eigenvalue weighted by Gasteiger charge is -2.33. The van der Waals surface area contributed by atoms with Crippen molar-refractivity contribution >= 4 is 17.8 Å². The van der Waals surface area contributed by atoms with Gasteiger partial charge in [0.25, 0.3) is 5.91 Å². The average molecular weight is 393 g/mol. The Bertz CT molecular complexity index is 946. The molecule has 0 radical (unpaired) electrons. The number of imide groups is 1. The molecule has 150 valence electrons. The number of urea groups is 1. The molecule has 1 fully saturated rings. The van der Waals surface area contributed by atoms with Crippen molar-refractivity contribution in [3.05, 3.63) is 65.7 Å². The monoisotopic (exact) mass is 393 g/mol. The summed E-state index contributed by atoms with van der Waals surface area (Å²) in [6.07, 6.45) is 0.331. The highest BCUT2D eigenvalue weighted by Gasteiger charge is 2.55. The van der Waals surface area contributed by atoms with Crippen LogP contribution in [0.25, 0.3) is 0 Å². The van der Waals surface area contributed by atoms with Crippen LogP contribution in [0, 0.1) is 0 Å². The molecule has 0 saturated carbocycles. The Balaban J connectivity index is 1.43. The number of hydrogen-bond acceptors (Lipinski definition) is 4. The van der Waals surface area contributed by atoms with Gasteiger partial charge in [0.1, 0.15) is 12.3 Å². The van der Waals surface area contributed by atoms with E-state index in [2.05, 4.69) is 10.6 Å². The first kappa shape index (κ1) is 19.0. The van der Waals surface area contributed by atoms with Crippen molar-refractivity contribution in [2.24, 2.45) is 0 Å². The lowest BCUT2D eigenvalue weighted by molar-refractivity contribution is -0.136. The van der Waals surface area contributed by atoms with E-state index in [0.717, 1.165) is 10.5 Å². The summed E-state index contributed by atoms with van der Waals surface area (Å²) < 4.78 is 5.62. The molecule has 1 spiro atoms. The third-order valence-electron chi connectivity index (χ3n) is 5.53. The van der Waals surface area contributed by atoms with Gasteiger partial charge >= 0.3 is 6.03 Å². The summed E-state index contributed by atoms with van der Waals surface area (Å²) in [5.41, 5.74) is 0.578. The molecule has 7 heteroatoms. The van der Waals surface area contributed by atoms with Crippen LogP contribution in [0.5, 0.6) is 5.75 Å². The Kier molecular flexibility index (Phi) is 4.96. The molecule has 2 N–H and O–H groups in total. The molecule has 2 aliphatic rings. The highest BCUT2D eigenvalue weighted by Crippen LogP contribution is 2.40. The van der Waals surface area contributed by atoms with Gasteiger partial charge in [-0.15, -0.1) is 0 Å². The molecule has 2 aromatic rings. The van der Waals surface area contributed by atoms with Gasteiger partial charge < -0.3 is 15.4 Å². The second-order valence-electron chi connectivity index (χ2n) is 7.44. The topological polar surface area (TPSA) is 87.7 Å². The van der Waals surface area contributed by atoms with Crippen LogP contribution in [0.15, 0.2) is 54.6 Å². The molecule has 2 aromatic carbocycles. The normalized spacial score (nSPS) is 21.3. The maximum Gasteiger partial charge on any atom is 0.325 e. The molecule has 7 nitrogen and oxygen atoms in total. The first-order chi connectivity index (χ1) is 14.0. The standard InChI is InChI=1S/C22H23N3O4/c1-15(16-7-3-2-4-8-16)13-23-19(26)14-25-20(27)22(24-21(25)28)11-12-29-18-10-6-5-9-17(18)22/h2-10,15H,11-14H2,1H3,(H,23,26)(H,24,28)/t15-,22+/m1/s1. The number of carbonyl (C=O) groups is 3. The quantitative estimate of drug-likeness (QED) is 0.762. The Hall–Kier alpha value is -3.35. The number of benzene rings is 2. The van der Waals surface area contributed by atoms with Gasteiger partial charge in [-0.2, -0.15) is 0 Å². The second-order valence-corrected chi connectivity index (χ2v) is 7.44. The average Bonchev–Trinajstić information content (AvgIpc) is 2.97. The number of ether oxygens (including phenoxy) is 1. The number of fused-ring (bicyclic) bond motifs is 2. The molecule has 0 aliphatic carbocycles. The van der Waals surface area contributed by atoms with Gasteiger partial charge in [-0.1, -0.05) is 55.5 Å². The molecule has 4 rings (SSSR count). The van der Waals surface area contributed by atoms with Gasteiger partial charge in [-0.25, -0.2) is 4.79 Å². The second kappa shape index (κ2) is 7.58. The summed E-state index contributed by atoms with van der Waals surface area (Å²) in [6.45, 7) is 2.44. The van der Waals surface area contributed by atoms with E-state index in [9.17, 15) is 14.4 Å². The van der Waals surface area contributed by atoms with Crippen LogP contribution in [-0.2, 0) is 15.1 Å². The number of nitrogens with zero attached hydrogens (tertiary/aromatic N) is 1. The van der Waals surface area contributed by atoms with Gasteiger partial charge in [-0.05, 0) is 17.5 Å². The van der Waals surface area contributed by atoms with Crippen LogP contribution >= 0.6 is 0 Å². The fourth-order valence-corrected chi connectivity index (χ4v) is 3.88. The van der Waals surface area contributed by atoms with Crippen LogP contribution in [-0.4, -0.2) is 42.4 Å². The minimum absolute atomic E-state index is 0.122. The molecule has 2 atom stereocenters. The van der Waals surface area contributed by atoms with E-state index in [0.29, 0.717) is 30.9 Å². The van der Waals surface area contributed by atoms with Gasteiger partial charge in [0.05, 0.1) is 6.61 Å². The number of amides is 4. The largest absolute Gasteiger partial charge is 0.493 e. The molecule has 0 bridgehead atoms. The van der Waals surface area contributed by atoms with Crippen LogP contribution < -0.4 is 15.4 Å². The Morgan fingerprint density at radius 2 is 1.90 bits per heavy atom. The van der Waals surface area contributed by atoms with Crippen molar-refractivity contribution in [2.45, 2.75) is 24.8 Å². The van der Waals surface area contributed by atoms with Crippen molar-refractivity contribution in [1.29, 1.82) is 0 Å². The molecule has 2 heterocycles. The van der Waals surface area contributed by atoms with Crippen LogP contribution in [0.3, 0.4) is 0 Å². The molecule has 1 saturated heterocycles. The van der Waals surface area contributed by atoms with Gasteiger partial charge in [0.2, 0.25) is 5.91 Å². The van der Waals surface area contributed by atoms with Crippen molar-refractivity contribution in [3.8, 4) is 5.75 Å². The van der Waals surface area contributed by atoms with Crippen molar-refractivity contribution in [2.75, 3.05) is 19.7 Å². The lowest BCUT2D eigenvalue weighted by atomic mass is 9.84. The molecular weight excluding hydrogens is 370 g/mol. The van der Waals surface area contributed by atoms with Crippen LogP contribution in [0.1, 0.15) is 30.4 Å². The minimum atomic E-state index is -1.16. The number of rotatable bonds is 5. The number of para-hydroxylation sites is 1. The van der Waals surface area contributed by atoms with E-state index >= 15 is 0 Å². The molecule has 0 unspecified atom stereocenters. The zero-order chi connectivity index (χ0) is 20.4. The van der Waals surface area contributed by atoms with E-state index < -0.39 is 17.5 Å². The third kappa shape index (κ3) is 3.44. The van der Waals surface area contributed by atoms with Gasteiger partial charge in [0, 0.05) is 18.5 Å². The molecule has 0 aromatic heterocycles. The third-order valence-corrected chi connectivity index (χ3v) is 5.53. The lowest BCUT2D eigenvalue weighted by Crippen LogP contribution is -2.48. The van der Waals surface area contributed by atoms with E-state index in [4.69, 9.17) is 4.74 Å². The summed E-state index contributed by atoms with van der Waals surface area (Å²) >= 11 is 0. The molecular formula is C22H23N3O4. The maximum absolute atomic E-state index is 13.2. The van der Waals surface area contributed by atoms with Crippen LogP contribution in [0.4, 0.5) is 4.79 Å². The highest BCUT2D eigenvalue weighted by molar-refractivity contribution is 6.09. The smallest absolute Gasteiger partial charge is 0.325 e. The van der Waals surface area contributed by atoms with Gasteiger partial charge in [-0.3, -0.25) is 14.5 Å². The Labute approximate surface area is 169 Å². The van der Waals surface area contributed by atoms with Crippen molar-refractivity contribution in [1.82, 2.24) is 15.5 Å². The maximum atomic E-state index is 13.2. The summed E-state index contributed by atoms with van der Waals surface area (Å²) in [5.74, 6) is -0.0782. The van der Waals surface area contributed by atoms with Crippen LogP contribution in [0.2, 0.25) is 0 Å². The predicted octanol–water partition coefficient (Wildman–Crippen LogP) is 2.14. The van der Waals surface area contributed by atoms with E-state index in [1.807, 2.05) is 43.3 Å². The predicted molar refractivity (Wildman–Crippen MR) is 106 cm³/mol. The van der Waals surface area contributed by atoms with E-state index in [1.165, 1.54) is 0 Å². The SMILES string of the molecule is C[C@H](CNC(=O)CN1C(=O)N[C@]2(CCOc3ccccc32)C1=O)c1ccccc1. The number of nitrogens with one attached hydrogen (secondary N) is 2. The summed E-state index contributed by atoms with van der Waals surface area (Å²) in [4.78, 5) is 39.1. The number of hydrogen-bond donors (Lipinski definition) is 2. The first-order valence-electron chi connectivity index (χ1n) is 9.69. The Morgan fingerprint density at radius 3 is 2.69 bits per heavy atom. The fraction of sp³-hybridized carbons (Fsp3) is 0.318. The first-order valence-corrected chi connectivity index (χ1v) is 9.69. The minimum Gasteiger partial charge on any atom is -0.493 e. The molecule has 4 amide bonds. The van der Waals surface area contributed by atoms with Gasteiger partial charge in [0.15, 0.2) is 5.54 Å². The zero-order valence-electron chi connectivity index (χ0n) is 16.2. The van der Waals surface area contributed by atoms with Crippen molar-refractivity contribution in [3.63, 3.8) is 0 Å². The summed E-state index contributed by atoms with van der Waals surface area (Å²) in [7, 11) is 0. The van der Waals surface area contributed by atoms with Crippen molar-refractivity contribution < 1.29 is 19.1 Å². The molecule has 2 aliphatic heterocycles. The van der Waals surface area contributed by atoms with E-state index in [1.54, 1.807) is 18.2 Å². The molecule has 29 heavy (non-hydrogen) atoms. The summed E-state index contributed by atoms with van der Waals surface area (Å²) in [5, 5.41) is 5.62. The highest BCUT2D eigenvalue weighted by atomic mass is 16.5. The zero-order valence-corrected chi connectivity index (χ0v) is 16.2. The summed E-state index contributed by atoms with van der Waals surface area (Å²) in [6, 6.07) is 16.5. The number of carbonyl (C=O) groups excluding carboxylic acids is 3. The fourth-order valence-electron chi connectivity index (χ4n) is 3.88. The van der Waals surface area contributed by atoms with E-state index in [-0.39, 0.29) is 18.4 Å².